The van der Waals surface area contributed by atoms with Gasteiger partial charge in [-0.25, -0.2) is 9.59 Å². The summed E-state index contributed by atoms with van der Waals surface area (Å²) in [6.45, 7) is 2.08. The van der Waals surface area contributed by atoms with Gasteiger partial charge in [0.1, 0.15) is 0 Å². The van der Waals surface area contributed by atoms with E-state index in [-0.39, 0.29) is 17.5 Å². The van der Waals surface area contributed by atoms with Gasteiger partial charge in [-0.15, -0.1) is 0 Å². The second-order valence-electron chi connectivity index (χ2n) is 7.19. The minimum absolute atomic E-state index is 0.0662. The van der Waals surface area contributed by atoms with E-state index < -0.39 is 24.0 Å². The van der Waals surface area contributed by atoms with E-state index in [0.29, 0.717) is 13.0 Å². The summed E-state index contributed by atoms with van der Waals surface area (Å²) in [5, 5.41) is 4.95. The van der Waals surface area contributed by atoms with Crippen molar-refractivity contribution in [2.45, 2.75) is 57.6 Å². The zero-order valence-corrected chi connectivity index (χ0v) is 15.9. The molecule has 4 amide bonds. The van der Waals surface area contributed by atoms with Crippen LogP contribution in [0, 0.1) is 0 Å². The third-order valence-corrected chi connectivity index (χ3v) is 5.07. The van der Waals surface area contributed by atoms with Crippen LogP contribution in [0.2, 0.25) is 0 Å². The van der Waals surface area contributed by atoms with Crippen molar-refractivity contribution in [1.82, 2.24) is 10.6 Å². The Labute approximate surface area is 163 Å². The zero-order chi connectivity index (χ0) is 20.1. The quantitative estimate of drug-likeness (QED) is 0.753. The first kappa shape index (κ1) is 19.9. The van der Waals surface area contributed by atoms with Crippen molar-refractivity contribution < 1.29 is 23.9 Å². The number of esters is 1. The first-order valence-electron chi connectivity index (χ1n) is 9.67. The average molecular weight is 387 g/mol. The Morgan fingerprint density at radius 2 is 1.79 bits per heavy atom. The fraction of sp³-hybridized carbons (Fsp3) is 0.500. The average Bonchev–Trinajstić information content (AvgIpc) is 3.33. The number of ether oxygens (including phenoxy) is 1. The molecule has 0 bridgehead atoms. The zero-order valence-electron chi connectivity index (χ0n) is 15.9. The maximum Gasteiger partial charge on any atom is 0.338 e. The lowest BCUT2D eigenvalue weighted by Gasteiger charge is -2.17. The summed E-state index contributed by atoms with van der Waals surface area (Å²) in [7, 11) is 0. The standard InChI is InChI=1S/C20H25N3O5/c1-13(18(25)22-20(27)21-15-5-2-3-6-15)28-19(26)14-8-10-16(11-9-14)23-12-4-7-17(23)24/h8-11,13,15H,2-7,12H2,1H3,(H2,21,22,25,27)/t13-/m1/s1. The van der Waals surface area contributed by atoms with Crippen LogP contribution < -0.4 is 15.5 Å². The van der Waals surface area contributed by atoms with Gasteiger partial charge in [0.15, 0.2) is 6.10 Å². The molecule has 8 heteroatoms. The van der Waals surface area contributed by atoms with Crippen LogP contribution in [0.25, 0.3) is 0 Å². The van der Waals surface area contributed by atoms with Crippen molar-refractivity contribution >= 4 is 29.5 Å². The van der Waals surface area contributed by atoms with Crippen LogP contribution >= 0.6 is 0 Å². The van der Waals surface area contributed by atoms with Crippen molar-refractivity contribution in [3.63, 3.8) is 0 Å². The van der Waals surface area contributed by atoms with Gasteiger partial charge in [0, 0.05) is 24.7 Å². The molecule has 1 aliphatic heterocycles. The van der Waals surface area contributed by atoms with Gasteiger partial charge in [0.05, 0.1) is 5.56 Å². The molecule has 3 rings (SSSR count). The Morgan fingerprint density at radius 3 is 2.39 bits per heavy atom. The summed E-state index contributed by atoms with van der Waals surface area (Å²) >= 11 is 0. The van der Waals surface area contributed by atoms with Gasteiger partial charge < -0.3 is 15.0 Å². The first-order valence-corrected chi connectivity index (χ1v) is 9.67. The molecule has 1 aliphatic carbocycles. The van der Waals surface area contributed by atoms with Crippen LogP contribution in [0.4, 0.5) is 10.5 Å². The molecule has 1 atom stereocenters. The van der Waals surface area contributed by atoms with Gasteiger partial charge in [0.25, 0.3) is 5.91 Å². The minimum atomic E-state index is -1.11. The summed E-state index contributed by atoms with van der Waals surface area (Å²) < 4.78 is 5.14. The molecule has 8 nitrogen and oxygen atoms in total. The van der Waals surface area contributed by atoms with Crippen molar-refractivity contribution in [3.8, 4) is 0 Å². The number of nitrogens with one attached hydrogen (secondary N) is 2. The molecular formula is C20H25N3O5. The highest BCUT2D eigenvalue weighted by Gasteiger charge is 2.24. The molecule has 1 aromatic carbocycles. The number of hydrogen-bond donors (Lipinski definition) is 2. The van der Waals surface area contributed by atoms with Gasteiger partial charge in [-0.05, 0) is 50.5 Å². The fourth-order valence-corrected chi connectivity index (χ4v) is 3.49. The Bertz CT molecular complexity index is 756. The molecule has 28 heavy (non-hydrogen) atoms. The van der Waals surface area contributed by atoms with E-state index in [4.69, 9.17) is 4.74 Å². The van der Waals surface area contributed by atoms with E-state index in [2.05, 4.69) is 10.6 Å². The number of urea groups is 1. The van der Waals surface area contributed by atoms with Gasteiger partial charge in [-0.2, -0.15) is 0 Å². The number of benzene rings is 1. The maximum atomic E-state index is 12.2. The normalized spacial score (nSPS) is 18.0. The number of carbonyl (C=O) groups is 4. The molecule has 1 saturated heterocycles. The molecule has 1 heterocycles. The third kappa shape index (κ3) is 4.88. The van der Waals surface area contributed by atoms with Crippen LogP contribution in [-0.4, -0.2) is 42.5 Å². The largest absolute Gasteiger partial charge is 0.449 e. The topological polar surface area (TPSA) is 105 Å². The van der Waals surface area contributed by atoms with Crippen LogP contribution in [0.15, 0.2) is 24.3 Å². The van der Waals surface area contributed by atoms with Crippen molar-refractivity contribution in [1.29, 1.82) is 0 Å². The summed E-state index contributed by atoms with van der Waals surface area (Å²) in [5.74, 6) is -1.28. The summed E-state index contributed by atoms with van der Waals surface area (Å²) in [5.41, 5.74) is 0.999. The molecular weight excluding hydrogens is 362 g/mol. The van der Waals surface area contributed by atoms with Crippen molar-refractivity contribution in [2.24, 2.45) is 0 Å². The van der Waals surface area contributed by atoms with Crippen molar-refractivity contribution in [2.75, 3.05) is 11.4 Å². The number of rotatable bonds is 5. The summed E-state index contributed by atoms with van der Waals surface area (Å²) in [4.78, 5) is 49.6. The second kappa shape index (κ2) is 8.86. The molecule has 1 saturated carbocycles. The Balaban J connectivity index is 1.49. The smallest absolute Gasteiger partial charge is 0.338 e. The lowest BCUT2D eigenvalue weighted by molar-refractivity contribution is -0.128. The molecule has 150 valence electrons. The van der Waals surface area contributed by atoms with E-state index in [1.807, 2.05) is 0 Å². The predicted octanol–water partition coefficient (Wildman–Crippen LogP) is 2.13. The van der Waals surface area contributed by atoms with Gasteiger partial charge in [0.2, 0.25) is 5.91 Å². The number of nitrogens with zero attached hydrogens (tertiary/aromatic N) is 1. The highest BCUT2D eigenvalue weighted by atomic mass is 16.5. The number of imide groups is 1. The van der Waals surface area contributed by atoms with Gasteiger partial charge >= 0.3 is 12.0 Å². The molecule has 2 aliphatic rings. The van der Waals surface area contributed by atoms with Crippen LogP contribution in [0.3, 0.4) is 0 Å². The minimum Gasteiger partial charge on any atom is -0.449 e. The summed E-state index contributed by atoms with van der Waals surface area (Å²) in [6.07, 6.45) is 4.20. The third-order valence-electron chi connectivity index (χ3n) is 5.07. The first-order chi connectivity index (χ1) is 13.4. The Kier molecular flexibility index (Phi) is 6.28. The van der Waals surface area contributed by atoms with Crippen molar-refractivity contribution in [3.05, 3.63) is 29.8 Å². The van der Waals surface area contributed by atoms with Crippen LogP contribution in [-0.2, 0) is 14.3 Å². The number of carbonyl (C=O) groups excluding carboxylic acids is 4. The molecule has 2 N–H and O–H groups in total. The van der Waals surface area contributed by atoms with Gasteiger partial charge in [-0.1, -0.05) is 12.8 Å². The van der Waals surface area contributed by atoms with E-state index in [1.165, 1.54) is 6.92 Å². The van der Waals surface area contributed by atoms with E-state index in [9.17, 15) is 19.2 Å². The number of hydrogen-bond acceptors (Lipinski definition) is 5. The molecule has 1 aromatic rings. The molecule has 0 unspecified atom stereocenters. The highest BCUT2D eigenvalue weighted by molar-refractivity contribution is 5.99. The summed E-state index contributed by atoms with van der Waals surface area (Å²) in [6, 6.07) is 5.99. The lowest BCUT2D eigenvalue weighted by Crippen LogP contribution is -2.47. The molecule has 0 aromatic heterocycles. The second-order valence-corrected chi connectivity index (χ2v) is 7.19. The molecule has 2 fully saturated rings. The lowest BCUT2D eigenvalue weighted by atomic mass is 10.2. The van der Waals surface area contributed by atoms with Gasteiger partial charge in [-0.3, -0.25) is 14.9 Å². The monoisotopic (exact) mass is 387 g/mol. The molecule has 0 radical (unpaired) electrons. The van der Waals surface area contributed by atoms with Crippen LogP contribution in [0.5, 0.6) is 0 Å². The number of anilines is 1. The number of amides is 4. The SMILES string of the molecule is C[C@@H](OC(=O)c1ccc(N2CCCC2=O)cc1)C(=O)NC(=O)NC1CCCC1. The Morgan fingerprint density at radius 1 is 1.11 bits per heavy atom. The Hall–Kier alpha value is -2.90. The highest BCUT2D eigenvalue weighted by Crippen LogP contribution is 2.22. The predicted molar refractivity (Wildman–Crippen MR) is 102 cm³/mol. The maximum absolute atomic E-state index is 12.2. The van der Waals surface area contributed by atoms with E-state index >= 15 is 0 Å². The fourth-order valence-electron chi connectivity index (χ4n) is 3.49. The van der Waals surface area contributed by atoms with E-state index in [1.54, 1.807) is 29.2 Å². The van der Waals surface area contributed by atoms with Crippen LogP contribution in [0.1, 0.15) is 55.8 Å². The van der Waals surface area contributed by atoms with E-state index in [0.717, 1.165) is 37.8 Å². The molecule has 0 spiro atoms.